The quantitative estimate of drug-likeness (QED) is 0.795. The molecule has 18 heavy (non-hydrogen) atoms. The van der Waals surface area contributed by atoms with Gasteiger partial charge in [0.05, 0.1) is 5.69 Å². The molecule has 2 N–H and O–H groups in total. The Kier molecular flexibility index (Phi) is 3.31. The van der Waals surface area contributed by atoms with Crippen LogP contribution in [0, 0.1) is 0 Å². The minimum Gasteiger partial charge on any atom is -0.330 e. The normalized spacial score (nSPS) is 11.2. The Morgan fingerprint density at radius 2 is 2.33 bits per heavy atom. The van der Waals surface area contributed by atoms with Crippen LogP contribution in [0.15, 0.2) is 45.3 Å². The predicted octanol–water partition coefficient (Wildman–Crippen LogP) is 2.44. The van der Waals surface area contributed by atoms with Crippen LogP contribution in [0.5, 0.6) is 0 Å². The van der Waals surface area contributed by atoms with E-state index in [2.05, 4.69) is 14.4 Å². The van der Waals surface area contributed by atoms with Crippen molar-refractivity contribution >= 4 is 28.7 Å². The van der Waals surface area contributed by atoms with Gasteiger partial charge in [-0.3, -0.25) is 0 Å². The predicted molar refractivity (Wildman–Crippen MR) is 74.2 cm³/mol. The van der Waals surface area contributed by atoms with Crippen LogP contribution in [0.2, 0.25) is 0 Å². The van der Waals surface area contributed by atoms with Gasteiger partial charge in [-0.25, -0.2) is 9.97 Å². The molecule has 0 aliphatic carbocycles. The SMILES string of the molecule is NCCc1c(Sc2nccs2)nc2ccccn12. The van der Waals surface area contributed by atoms with Crippen molar-refractivity contribution in [1.29, 1.82) is 0 Å². The molecule has 92 valence electrons. The molecule has 0 saturated carbocycles. The molecule has 6 heteroatoms. The maximum Gasteiger partial charge on any atom is 0.156 e. The molecule has 0 aliphatic heterocycles. The Morgan fingerprint density at radius 1 is 1.39 bits per heavy atom. The zero-order chi connectivity index (χ0) is 12.4. The van der Waals surface area contributed by atoms with E-state index in [1.165, 1.54) is 0 Å². The standard InChI is InChI=1S/C12H12N4S2/c13-5-4-9-11(18-12-14-6-8-17-12)15-10-3-1-2-7-16(9)10/h1-3,6-8H,4-5,13H2. The maximum atomic E-state index is 5.69. The van der Waals surface area contributed by atoms with Gasteiger partial charge in [0.1, 0.15) is 10.7 Å². The molecule has 0 amide bonds. The van der Waals surface area contributed by atoms with Crippen molar-refractivity contribution in [3.63, 3.8) is 0 Å². The van der Waals surface area contributed by atoms with Gasteiger partial charge in [-0.2, -0.15) is 0 Å². The van der Waals surface area contributed by atoms with Crippen LogP contribution >= 0.6 is 23.1 Å². The lowest BCUT2D eigenvalue weighted by atomic mass is 10.3. The van der Waals surface area contributed by atoms with E-state index in [0.717, 1.165) is 27.1 Å². The fourth-order valence-corrected chi connectivity index (χ4v) is 3.51. The summed E-state index contributed by atoms with van der Waals surface area (Å²) in [6, 6.07) is 6.00. The summed E-state index contributed by atoms with van der Waals surface area (Å²) in [5.41, 5.74) is 7.81. The van der Waals surface area contributed by atoms with E-state index in [0.29, 0.717) is 6.54 Å². The minimum atomic E-state index is 0.619. The van der Waals surface area contributed by atoms with Gasteiger partial charge in [0.2, 0.25) is 0 Å². The number of hydrogen-bond donors (Lipinski definition) is 1. The van der Waals surface area contributed by atoms with Crippen molar-refractivity contribution in [1.82, 2.24) is 14.4 Å². The van der Waals surface area contributed by atoms with Crippen LogP contribution in [-0.4, -0.2) is 20.9 Å². The lowest BCUT2D eigenvalue weighted by Crippen LogP contribution is -2.05. The lowest BCUT2D eigenvalue weighted by Gasteiger charge is -2.01. The third kappa shape index (κ3) is 2.14. The van der Waals surface area contributed by atoms with Gasteiger partial charge in [-0.05, 0) is 30.4 Å². The van der Waals surface area contributed by atoms with Crippen LogP contribution < -0.4 is 5.73 Å². The number of imidazole rings is 1. The maximum absolute atomic E-state index is 5.69. The molecular formula is C12H12N4S2. The molecule has 3 aromatic rings. The topological polar surface area (TPSA) is 56.2 Å². The first-order valence-electron chi connectivity index (χ1n) is 5.62. The van der Waals surface area contributed by atoms with Crippen LogP contribution in [0.1, 0.15) is 5.69 Å². The number of nitrogens with two attached hydrogens (primary N) is 1. The van der Waals surface area contributed by atoms with Gasteiger partial charge in [0.15, 0.2) is 4.34 Å². The third-order valence-corrected chi connectivity index (χ3v) is 4.47. The molecule has 0 fully saturated rings. The zero-order valence-electron chi connectivity index (χ0n) is 9.61. The molecule has 3 aromatic heterocycles. The van der Waals surface area contributed by atoms with E-state index in [1.54, 1.807) is 23.1 Å². The molecule has 0 spiro atoms. The molecule has 0 saturated heterocycles. The van der Waals surface area contributed by atoms with E-state index in [9.17, 15) is 0 Å². The smallest absolute Gasteiger partial charge is 0.156 e. The van der Waals surface area contributed by atoms with Gasteiger partial charge in [0.25, 0.3) is 0 Å². The summed E-state index contributed by atoms with van der Waals surface area (Å²) in [7, 11) is 0. The number of pyridine rings is 1. The zero-order valence-corrected chi connectivity index (χ0v) is 11.2. The molecule has 0 aromatic carbocycles. The molecule has 3 rings (SSSR count). The van der Waals surface area contributed by atoms with Crippen molar-refractivity contribution in [2.24, 2.45) is 5.73 Å². The Balaban J connectivity index is 2.06. The van der Waals surface area contributed by atoms with Crippen molar-refractivity contribution < 1.29 is 0 Å². The summed E-state index contributed by atoms with van der Waals surface area (Å²) < 4.78 is 3.11. The highest BCUT2D eigenvalue weighted by atomic mass is 32.2. The van der Waals surface area contributed by atoms with E-state index in [4.69, 9.17) is 5.73 Å². The summed E-state index contributed by atoms with van der Waals surface area (Å²) in [6.07, 6.45) is 4.66. The first-order chi connectivity index (χ1) is 8.88. The van der Waals surface area contributed by atoms with Gasteiger partial charge >= 0.3 is 0 Å². The Hall–Kier alpha value is -1.37. The molecule has 0 atom stereocenters. The Labute approximate surface area is 113 Å². The van der Waals surface area contributed by atoms with Gasteiger partial charge in [-0.1, -0.05) is 6.07 Å². The molecule has 0 aliphatic rings. The number of nitrogens with zero attached hydrogens (tertiary/aromatic N) is 3. The number of fused-ring (bicyclic) bond motifs is 1. The molecule has 0 bridgehead atoms. The fraction of sp³-hybridized carbons (Fsp3) is 0.167. The van der Waals surface area contributed by atoms with Crippen molar-refractivity contribution in [2.75, 3.05) is 6.54 Å². The first-order valence-corrected chi connectivity index (χ1v) is 7.31. The molecule has 3 heterocycles. The van der Waals surface area contributed by atoms with Crippen molar-refractivity contribution in [3.8, 4) is 0 Å². The molecular weight excluding hydrogens is 264 g/mol. The largest absolute Gasteiger partial charge is 0.330 e. The van der Waals surface area contributed by atoms with Gasteiger partial charge < -0.3 is 10.1 Å². The highest BCUT2D eigenvalue weighted by Gasteiger charge is 2.13. The molecule has 4 nitrogen and oxygen atoms in total. The summed E-state index contributed by atoms with van der Waals surface area (Å²) in [5.74, 6) is 0. The second-order valence-electron chi connectivity index (χ2n) is 3.73. The summed E-state index contributed by atoms with van der Waals surface area (Å²) in [4.78, 5) is 8.93. The van der Waals surface area contributed by atoms with E-state index in [-0.39, 0.29) is 0 Å². The monoisotopic (exact) mass is 276 g/mol. The molecule has 0 radical (unpaired) electrons. The summed E-state index contributed by atoms with van der Waals surface area (Å²) in [6.45, 7) is 0.619. The third-order valence-electron chi connectivity index (χ3n) is 2.57. The number of rotatable bonds is 4. The first kappa shape index (κ1) is 11.7. The highest BCUT2D eigenvalue weighted by Crippen LogP contribution is 2.31. The van der Waals surface area contributed by atoms with Crippen LogP contribution in [0.3, 0.4) is 0 Å². The van der Waals surface area contributed by atoms with Crippen molar-refractivity contribution in [2.45, 2.75) is 15.8 Å². The lowest BCUT2D eigenvalue weighted by molar-refractivity contribution is 0.876. The Bertz CT molecular complexity index is 645. The second kappa shape index (κ2) is 5.09. The van der Waals surface area contributed by atoms with E-state index >= 15 is 0 Å². The molecule has 0 unspecified atom stereocenters. The van der Waals surface area contributed by atoms with Crippen LogP contribution in [-0.2, 0) is 6.42 Å². The number of aromatic nitrogens is 3. The Morgan fingerprint density at radius 3 is 3.11 bits per heavy atom. The average molecular weight is 276 g/mol. The highest BCUT2D eigenvalue weighted by molar-refractivity contribution is 8.01. The average Bonchev–Trinajstić information content (AvgIpc) is 3.00. The number of hydrogen-bond acceptors (Lipinski definition) is 5. The van der Waals surface area contributed by atoms with Crippen LogP contribution in [0.4, 0.5) is 0 Å². The minimum absolute atomic E-state index is 0.619. The van der Waals surface area contributed by atoms with E-state index in [1.807, 2.05) is 36.0 Å². The van der Waals surface area contributed by atoms with Crippen LogP contribution in [0.25, 0.3) is 5.65 Å². The van der Waals surface area contributed by atoms with Gasteiger partial charge in [0, 0.05) is 24.2 Å². The van der Waals surface area contributed by atoms with Crippen molar-refractivity contribution in [3.05, 3.63) is 41.7 Å². The number of thiazole rings is 1. The summed E-state index contributed by atoms with van der Waals surface area (Å²) >= 11 is 3.23. The summed E-state index contributed by atoms with van der Waals surface area (Å²) in [5, 5.41) is 2.97. The fourth-order valence-electron chi connectivity index (χ4n) is 1.81. The second-order valence-corrected chi connectivity index (χ2v) is 5.86. The van der Waals surface area contributed by atoms with Gasteiger partial charge in [-0.15, -0.1) is 11.3 Å². The van der Waals surface area contributed by atoms with E-state index < -0.39 is 0 Å².